The average Bonchev–Trinajstić information content (AvgIpc) is 2.77. The molecule has 0 radical (unpaired) electrons. The first-order chi connectivity index (χ1) is 8.70. The summed E-state index contributed by atoms with van der Waals surface area (Å²) in [5.74, 6) is 3.31. The fourth-order valence-electron chi connectivity index (χ4n) is 1.53. The standard InChI is InChI=1S/C12H15BrN4O/c1-3-14-11-10(13)12(17-7-16-11)15-6-9-5-4-8(2)18-9/h4-5,7H,3,6H2,1-2H3,(H2,14,15,16,17). The van der Waals surface area contributed by atoms with Gasteiger partial charge in [-0.25, -0.2) is 9.97 Å². The molecule has 96 valence electrons. The van der Waals surface area contributed by atoms with Gasteiger partial charge < -0.3 is 15.1 Å². The van der Waals surface area contributed by atoms with Crippen molar-refractivity contribution >= 4 is 27.6 Å². The van der Waals surface area contributed by atoms with Crippen LogP contribution in [0.3, 0.4) is 0 Å². The van der Waals surface area contributed by atoms with Crippen molar-refractivity contribution in [2.75, 3.05) is 17.2 Å². The largest absolute Gasteiger partial charge is 0.465 e. The number of hydrogen-bond acceptors (Lipinski definition) is 5. The van der Waals surface area contributed by atoms with Crippen LogP contribution in [0.4, 0.5) is 11.6 Å². The lowest BCUT2D eigenvalue weighted by Gasteiger charge is -2.09. The number of nitrogens with zero attached hydrogens (tertiary/aromatic N) is 2. The van der Waals surface area contributed by atoms with Crippen LogP contribution >= 0.6 is 15.9 Å². The highest BCUT2D eigenvalue weighted by molar-refractivity contribution is 9.10. The maximum Gasteiger partial charge on any atom is 0.146 e. The van der Waals surface area contributed by atoms with Crippen molar-refractivity contribution in [1.29, 1.82) is 0 Å². The molecule has 0 atom stereocenters. The highest BCUT2D eigenvalue weighted by atomic mass is 79.9. The second-order valence-electron chi connectivity index (χ2n) is 3.78. The summed E-state index contributed by atoms with van der Waals surface area (Å²) in [6.45, 7) is 5.35. The molecule has 2 heterocycles. The summed E-state index contributed by atoms with van der Waals surface area (Å²) in [6, 6.07) is 3.89. The second kappa shape index (κ2) is 5.86. The van der Waals surface area contributed by atoms with Gasteiger partial charge in [-0.1, -0.05) is 0 Å². The molecule has 0 saturated heterocycles. The summed E-state index contributed by atoms with van der Waals surface area (Å²) in [6.07, 6.45) is 1.53. The molecule has 0 aliphatic carbocycles. The van der Waals surface area contributed by atoms with Crippen molar-refractivity contribution in [3.05, 3.63) is 34.5 Å². The number of anilines is 2. The van der Waals surface area contributed by atoms with E-state index in [0.29, 0.717) is 6.54 Å². The predicted molar refractivity (Wildman–Crippen MR) is 74.7 cm³/mol. The van der Waals surface area contributed by atoms with Crippen molar-refractivity contribution in [2.45, 2.75) is 20.4 Å². The molecule has 0 saturated carbocycles. The lowest BCUT2D eigenvalue weighted by atomic mass is 10.4. The van der Waals surface area contributed by atoms with E-state index in [1.807, 2.05) is 26.0 Å². The van der Waals surface area contributed by atoms with Gasteiger partial charge in [-0.05, 0) is 41.9 Å². The molecule has 0 aromatic carbocycles. The highest BCUT2D eigenvalue weighted by Crippen LogP contribution is 2.26. The third-order valence-electron chi connectivity index (χ3n) is 2.36. The lowest BCUT2D eigenvalue weighted by molar-refractivity contribution is 0.490. The molecule has 2 N–H and O–H groups in total. The topological polar surface area (TPSA) is 63.0 Å². The van der Waals surface area contributed by atoms with Crippen LogP contribution in [0.2, 0.25) is 0 Å². The zero-order valence-electron chi connectivity index (χ0n) is 10.3. The van der Waals surface area contributed by atoms with Crippen LogP contribution in [0.25, 0.3) is 0 Å². The zero-order chi connectivity index (χ0) is 13.0. The van der Waals surface area contributed by atoms with E-state index in [9.17, 15) is 0 Å². The first-order valence-corrected chi connectivity index (χ1v) is 6.53. The summed E-state index contributed by atoms with van der Waals surface area (Å²) in [5.41, 5.74) is 0. The Morgan fingerprint density at radius 1 is 1.22 bits per heavy atom. The first kappa shape index (κ1) is 12.9. The highest BCUT2D eigenvalue weighted by Gasteiger charge is 2.08. The summed E-state index contributed by atoms with van der Waals surface area (Å²) >= 11 is 3.48. The molecule has 5 nitrogen and oxygen atoms in total. The third-order valence-corrected chi connectivity index (χ3v) is 3.11. The molecule has 2 aromatic rings. The van der Waals surface area contributed by atoms with Gasteiger partial charge in [-0.15, -0.1) is 0 Å². The van der Waals surface area contributed by atoms with Crippen molar-refractivity contribution in [3.8, 4) is 0 Å². The molecule has 2 rings (SSSR count). The predicted octanol–water partition coefficient (Wildman–Crippen LogP) is 3.18. The second-order valence-corrected chi connectivity index (χ2v) is 4.57. The molecular formula is C12H15BrN4O. The van der Waals surface area contributed by atoms with E-state index in [2.05, 4.69) is 36.5 Å². The smallest absolute Gasteiger partial charge is 0.146 e. The van der Waals surface area contributed by atoms with Crippen LogP contribution in [0.15, 0.2) is 27.3 Å². The van der Waals surface area contributed by atoms with Gasteiger partial charge in [0.15, 0.2) is 0 Å². The van der Waals surface area contributed by atoms with E-state index in [0.717, 1.165) is 34.2 Å². The Bertz CT molecular complexity index is 527. The van der Waals surface area contributed by atoms with Crippen molar-refractivity contribution < 1.29 is 4.42 Å². The van der Waals surface area contributed by atoms with Crippen LogP contribution in [0.5, 0.6) is 0 Å². The zero-order valence-corrected chi connectivity index (χ0v) is 11.9. The Kier molecular flexibility index (Phi) is 4.19. The van der Waals surface area contributed by atoms with Gasteiger partial charge in [0, 0.05) is 6.54 Å². The molecule has 6 heteroatoms. The number of furan rings is 1. The van der Waals surface area contributed by atoms with E-state index in [1.165, 1.54) is 6.33 Å². The van der Waals surface area contributed by atoms with Gasteiger partial charge in [0.25, 0.3) is 0 Å². The molecule has 0 aliphatic heterocycles. The molecule has 0 unspecified atom stereocenters. The van der Waals surface area contributed by atoms with E-state index < -0.39 is 0 Å². The molecule has 0 aliphatic rings. The van der Waals surface area contributed by atoms with Crippen LogP contribution in [-0.2, 0) is 6.54 Å². The van der Waals surface area contributed by atoms with Crippen molar-refractivity contribution in [2.24, 2.45) is 0 Å². The summed E-state index contributed by atoms with van der Waals surface area (Å²) in [4.78, 5) is 8.35. The summed E-state index contributed by atoms with van der Waals surface area (Å²) in [5, 5.41) is 6.37. The summed E-state index contributed by atoms with van der Waals surface area (Å²) < 4.78 is 6.31. The SMILES string of the molecule is CCNc1ncnc(NCc2ccc(C)o2)c1Br. The van der Waals surface area contributed by atoms with Crippen LogP contribution in [0, 0.1) is 6.92 Å². The number of rotatable bonds is 5. The summed E-state index contributed by atoms with van der Waals surface area (Å²) in [7, 11) is 0. The Hall–Kier alpha value is -1.56. The molecule has 2 aromatic heterocycles. The molecular weight excluding hydrogens is 296 g/mol. The fraction of sp³-hybridized carbons (Fsp3) is 0.333. The van der Waals surface area contributed by atoms with Crippen LogP contribution in [0.1, 0.15) is 18.4 Å². The number of hydrogen-bond donors (Lipinski definition) is 2. The average molecular weight is 311 g/mol. The Morgan fingerprint density at radius 3 is 2.56 bits per heavy atom. The van der Waals surface area contributed by atoms with E-state index in [4.69, 9.17) is 4.42 Å². The van der Waals surface area contributed by atoms with Gasteiger partial charge in [0.1, 0.15) is 34.0 Å². The quantitative estimate of drug-likeness (QED) is 0.888. The maximum atomic E-state index is 5.49. The lowest BCUT2D eigenvalue weighted by Crippen LogP contribution is -2.06. The normalized spacial score (nSPS) is 10.4. The monoisotopic (exact) mass is 310 g/mol. The van der Waals surface area contributed by atoms with Crippen molar-refractivity contribution in [1.82, 2.24) is 9.97 Å². The maximum absolute atomic E-state index is 5.49. The molecule has 0 spiro atoms. The minimum Gasteiger partial charge on any atom is -0.465 e. The number of aryl methyl sites for hydroxylation is 1. The van der Waals surface area contributed by atoms with Gasteiger partial charge in [0.2, 0.25) is 0 Å². The number of aromatic nitrogens is 2. The van der Waals surface area contributed by atoms with Crippen LogP contribution in [-0.4, -0.2) is 16.5 Å². The molecule has 0 amide bonds. The van der Waals surface area contributed by atoms with E-state index in [1.54, 1.807) is 0 Å². The van der Waals surface area contributed by atoms with Gasteiger partial charge in [-0.3, -0.25) is 0 Å². The first-order valence-electron chi connectivity index (χ1n) is 5.74. The fourth-order valence-corrected chi connectivity index (χ4v) is 2.02. The van der Waals surface area contributed by atoms with Crippen molar-refractivity contribution in [3.63, 3.8) is 0 Å². The number of halogens is 1. The van der Waals surface area contributed by atoms with Gasteiger partial charge in [-0.2, -0.15) is 0 Å². The Balaban J connectivity index is 2.07. The molecule has 18 heavy (non-hydrogen) atoms. The van der Waals surface area contributed by atoms with E-state index >= 15 is 0 Å². The minimum atomic E-state index is 0.592. The third kappa shape index (κ3) is 3.01. The molecule has 0 fully saturated rings. The minimum absolute atomic E-state index is 0.592. The van der Waals surface area contributed by atoms with Gasteiger partial charge in [0.05, 0.1) is 6.54 Å². The molecule has 0 bridgehead atoms. The Morgan fingerprint density at radius 2 is 1.94 bits per heavy atom. The van der Waals surface area contributed by atoms with Gasteiger partial charge >= 0.3 is 0 Å². The number of nitrogens with one attached hydrogen (secondary N) is 2. The Labute approximate surface area is 114 Å². The van der Waals surface area contributed by atoms with E-state index in [-0.39, 0.29) is 0 Å². The van der Waals surface area contributed by atoms with Crippen LogP contribution < -0.4 is 10.6 Å².